The summed E-state index contributed by atoms with van der Waals surface area (Å²) in [6.45, 7) is 12.2. The van der Waals surface area contributed by atoms with Crippen molar-refractivity contribution in [2.24, 2.45) is 5.92 Å². The predicted molar refractivity (Wildman–Crippen MR) is 133 cm³/mol. The van der Waals surface area contributed by atoms with Gasteiger partial charge in [0.1, 0.15) is 11.8 Å². The van der Waals surface area contributed by atoms with E-state index < -0.39 is 6.04 Å². The topological polar surface area (TPSA) is 73.9 Å². The molecule has 3 rings (SSSR count). The minimum absolute atomic E-state index is 0.0851. The second kappa shape index (κ2) is 11.2. The van der Waals surface area contributed by atoms with Crippen LogP contribution < -0.4 is 20.3 Å². The molecule has 2 aromatic carbocycles. The summed E-state index contributed by atoms with van der Waals surface area (Å²) in [5.74, 6) is -0.133. The van der Waals surface area contributed by atoms with Crippen molar-refractivity contribution in [1.82, 2.24) is 10.2 Å². The Balaban J connectivity index is 1.70. The molecule has 0 bridgehead atoms. The number of amides is 2. The Kier molecular flexibility index (Phi) is 8.33. The van der Waals surface area contributed by atoms with Gasteiger partial charge in [-0.1, -0.05) is 26.0 Å². The van der Waals surface area contributed by atoms with E-state index in [1.807, 2.05) is 39.8 Å². The average molecular weight is 453 g/mol. The molecule has 1 heterocycles. The summed E-state index contributed by atoms with van der Waals surface area (Å²) in [7, 11) is 2.14. The molecule has 33 heavy (non-hydrogen) atoms. The molecular formula is C26H36N4O3. The summed E-state index contributed by atoms with van der Waals surface area (Å²) >= 11 is 0. The maximum atomic E-state index is 13.1. The summed E-state index contributed by atoms with van der Waals surface area (Å²) in [6.07, 6.45) is 0. The quantitative estimate of drug-likeness (QED) is 0.641. The van der Waals surface area contributed by atoms with Crippen LogP contribution in [-0.4, -0.2) is 62.6 Å². The van der Waals surface area contributed by atoms with Gasteiger partial charge in [-0.2, -0.15) is 0 Å². The molecule has 0 spiro atoms. The van der Waals surface area contributed by atoms with E-state index in [2.05, 4.69) is 39.6 Å². The Hall–Kier alpha value is -3.06. The third-order valence-electron chi connectivity index (χ3n) is 6.00. The van der Waals surface area contributed by atoms with Gasteiger partial charge >= 0.3 is 0 Å². The van der Waals surface area contributed by atoms with E-state index >= 15 is 0 Å². The molecule has 7 heteroatoms. The Bertz CT molecular complexity index is 968. The summed E-state index contributed by atoms with van der Waals surface area (Å²) in [4.78, 5) is 30.8. The lowest BCUT2D eigenvalue weighted by molar-refractivity contribution is -0.118. The largest absolute Gasteiger partial charge is 0.493 e. The van der Waals surface area contributed by atoms with E-state index in [0.717, 1.165) is 37.4 Å². The highest BCUT2D eigenvalue weighted by Crippen LogP contribution is 2.24. The Morgan fingerprint density at radius 2 is 1.76 bits per heavy atom. The van der Waals surface area contributed by atoms with Crippen molar-refractivity contribution in [1.29, 1.82) is 0 Å². The summed E-state index contributed by atoms with van der Waals surface area (Å²) in [5, 5.41) is 5.91. The van der Waals surface area contributed by atoms with Crippen molar-refractivity contribution in [2.75, 3.05) is 50.1 Å². The first kappa shape index (κ1) is 24.6. The summed E-state index contributed by atoms with van der Waals surface area (Å²) in [5.41, 5.74) is 3.34. The minimum atomic E-state index is -0.677. The number of likely N-dealkylation sites (N-methyl/N-ethyl adjacent to an activating group) is 1. The average Bonchev–Trinajstić information content (AvgIpc) is 2.79. The fraction of sp³-hybridized carbons (Fsp3) is 0.462. The molecule has 2 amide bonds. The Morgan fingerprint density at radius 1 is 1.06 bits per heavy atom. The lowest BCUT2D eigenvalue weighted by Crippen LogP contribution is -2.47. The van der Waals surface area contributed by atoms with Crippen LogP contribution in [0.2, 0.25) is 0 Å². The van der Waals surface area contributed by atoms with Gasteiger partial charge in [-0.15, -0.1) is 0 Å². The highest BCUT2D eigenvalue weighted by atomic mass is 16.5. The van der Waals surface area contributed by atoms with Crippen molar-refractivity contribution < 1.29 is 14.3 Å². The molecule has 2 aromatic rings. The molecule has 7 nitrogen and oxygen atoms in total. The highest BCUT2D eigenvalue weighted by molar-refractivity contribution is 6.02. The number of nitrogens with one attached hydrogen (secondary N) is 2. The number of carbonyl (C=O) groups is 2. The molecule has 1 fully saturated rings. The fourth-order valence-electron chi connectivity index (χ4n) is 3.95. The first-order chi connectivity index (χ1) is 15.8. The van der Waals surface area contributed by atoms with Crippen molar-refractivity contribution in [3.8, 4) is 5.75 Å². The van der Waals surface area contributed by atoms with Gasteiger partial charge in [-0.05, 0) is 62.7 Å². The van der Waals surface area contributed by atoms with Gasteiger partial charge < -0.3 is 25.2 Å². The van der Waals surface area contributed by atoms with Crippen LogP contribution in [-0.2, 0) is 4.79 Å². The molecule has 0 saturated carbocycles. The number of nitrogens with zero attached hydrogens (tertiary/aromatic N) is 2. The van der Waals surface area contributed by atoms with Crippen LogP contribution in [0, 0.1) is 12.8 Å². The summed E-state index contributed by atoms with van der Waals surface area (Å²) < 4.78 is 5.57. The molecule has 1 atom stereocenters. The van der Waals surface area contributed by atoms with E-state index in [0.29, 0.717) is 17.9 Å². The number of aryl methyl sites for hydroxylation is 1. The van der Waals surface area contributed by atoms with Crippen LogP contribution in [0.25, 0.3) is 0 Å². The maximum absolute atomic E-state index is 13.1. The number of anilines is 2. The fourth-order valence-corrected chi connectivity index (χ4v) is 3.95. The van der Waals surface area contributed by atoms with E-state index in [4.69, 9.17) is 4.74 Å². The predicted octanol–water partition coefficient (Wildman–Crippen LogP) is 3.54. The standard InChI is InChI=1S/C26H36N4O3/c1-6-33-23-10-8-7-9-21(23)25(31)28-24(18(2)3)26(32)27-22-12-11-20(17-19(22)4)30-15-13-29(5)14-16-30/h7-12,17-18,24H,6,13-16H2,1-5H3,(H,27,32)(H,28,31)/t24-/m0/s1. The third kappa shape index (κ3) is 6.26. The number of rotatable bonds is 8. The minimum Gasteiger partial charge on any atom is -0.493 e. The van der Waals surface area contributed by atoms with Crippen LogP contribution in [0.1, 0.15) is 36.7 Å². The summed E-state index contributed by atoms with van der Waals surface area (Å²) in [6, 6.07) is 12.5. The molecule has 2 N–H and O–H groups in total. The Labute approximate surface area is 197 Å². The van der Waals surface area contributed by atoms with Crippen molar-refractivity contribution in [3.05, 3.63) is 53.6 Å². The number of para-hydroxylation sites is 1. The van der Waals surface area contributed by atoms with Gasteiger partial charge in [0.05, 0.1) is 12.2 Å². The van der Waals surface area contributed by atoms with Crippen molar-refractivity contribution in [3.63, 3.8) is 0 Å². The number of ether oxygens (including phenoxy) is 1. The van der Waals surface area contributed by atoms with Gasteiger partial charge in [0.25, 0.3) is 5.91 Å². The number of piperazine rings is 1. The zero-order valence-corrected chi connectivity index (χ0v) is 20.4. The van der Waals surface area contributed by atoms with Crippen LogP contribution in [0.3, 0.4) is 0 Å². The zero-order valence-electron chi connectivity index (χ0n) is 20.4. The van der Waals surface area contributed by atoms with E-state index in [1.54, 1.807) is 18.2 Å². The molecule has 0 aromatic heterocycles. The Morgan fingerprint density at radius 3 is 2.39 bits per heavy atom. The molecule has 178 valence electrons. The van der Waals surface area contributed by atoms with Crippen molar-refractivity contribution >= 4 is 23.2 Å². The lowest BCUT2D eigenvalue weighted by atomic mass is 10.0. The molecule has 0 unspecified atom stereocenters. The van der Waals surface area contributed by atoms with E-state index in [-0.39, 0.29) is 17.7 Å². The molecular weight excluding hydrogens is 416 g/mol. The number of benzene rings is 2. The SMILES string of the molecule is CCOc1ccccc1C(=O)N[C@H](C(=O)Nc1ccc(N2CCN(C)CC2)cc1C)C(C)C. The number of carbonyl (C=O) groups excluding carboxylic acids is 2. The maximum Gasteiger partial charge on any atom is 0.255 e. The molecule has 0 radical (unpaired) electrons. The van der Waals surface area contributed by atoms with Gasteiger partial charge in [0, 0.05) is 37.6 Å². The second-order valence-electron chi connectivity index (χ2n) is 8.90. The van der Waals surface area contributed by atoms with E-state index in [1.165, 1.54) is 5.69 Å². The van der Waals surface area contributed by atoms with Gasteiger partial charge in [-0.3, -0.25) is 9.59 Å². The lowest BCUT2D eigenvalue weighted by Gasteiger charge is -2.34. The molecule has 1 aliphatic rings. The molecule has 0 aliphatic carbocycles. The second-order valence-corrected chi connectivity index (χ2v) is 8.90. The van der Waals surface area contributed by atoms with E-state index in [9.17, 15) is 9.59 Å². The van der Waals surface area contributed by atoms with Gasteiger partial charge in [0.2, 0.25) is 5.91 Å². The highest BCUT2D eigenvalue weighted by Gasteiger charge is 2.26. The zero-order chi connectivity index (χ0) is 24.0. The van der Waals surface area contributed by atoms with Crippen LogP contribution in [0.5, 0.6) is 5.75 Å². The van der Waals surface area contributed by atoms with Crippen LogP contribution in [0.4, 0.5) is 11.4 Å². The smallest absolute Gasteiger partial charge is 0.255 e. The van der Waals surface area contributed by atoms with Crippen LogP contribution >= 0.6 is 0 Å². The molecule has 1 aliphatic heterocycles. The van der Waals surface area contributed by atoms with Crippen molar-refractivity contribution in [2.45, 2.75) is 33.7 Å². The third-order valence-corrected chi connectivity index (χ3v) is 6.00. The first-order valence-corrected chi connectivity index (χ1v) is 11.7. The van der Waals surface area contributed by atoms with Crippen LogP contribution in [0.15, 0.2) is 42.5 Å². The number of hydrogen-bond acceptors (Lipinski definition) is 5. The normalized spacial score (nSPS) is 15.3. The van der Waals surface area contributed by atoms with Gasteiger partial charge in [-0.25, -0.2) is 0 Å². The monoisotopic (exact) mass is 452 g/mol. The van der Waals surface area contributed by atoms with Gasteiger partial charge in [0.15, 0.2) is 0 Å². The first-order valence-electron chi connectivity index (χ1n) is 11.7. The number of hydrogen-bond donors (Lipinski definition) is 2. The molecule has 1 saturated heterocycles.